The van der Waals surface area contributed by atoms with E-state index in [1.807, 2.05) is 23.6 Å². The zero-order valence-electron chi connectivity index (χ0n) is 14.2. The number of hydrogen-bond acceptors (Lipinski definition) is 3. The van der Waals surface area contributed by atoms with E-state index >= 15 is 0 Å². The molecule has 0 aromatic heterocycles. The highest BCUT2D eigenvalue weighted by molar-refractivity contribution is 6.31. The number of benzene rings is 1. The van der Waals surface area contributed by atoms with Crippen molar-refractivity contribution in [3.05, 3.63) is 28.8 Å². The number of halogens is 1. The largest absolute Gasteiger partial charge is 0.486 e. The van der Waals surface area contributed by atoms with E-state index in [4.69, 9.17) is 16.3 Å². The number of ether oxygens (including phenoxy) is 1. The molecule has 2 amide bonds. The molecule has 2 aliphatic heterocycles. The number of nitrogens with zero attached hydrogens (tertiary/aromatic N) is 2. The molecule has 130 valence electrons. The molecule has 2 aliphatic rings. The van der Waals surface area contributed by atoms with Crippen LogP contribution in [0.1, 0.15) is 43.5 Å². The monoisotopic (exact) mass is 350 g/mol. The minimum atomic E-state index is -0.488. The Balaban J connectivity index is 1.71. The van der Waals surface area contributed by atoms with Crippen molar-refractivity contribution >= 4 is 23.4 Å². The second kappa shape index (κ2) is 6.63. The van der Waals surface area contributed by atoms with E-state index < -0.39 is 5.60 Å². The molecule has 0 saturated carbocycles. The zero-order chi connectivity index (χ0) is 17.3. The first-order chi connectivity index (χ1) is 11.5. The summed E-state index contributed by atoms with van der Waals surface area (Å²) in [5.74, 6) is 0.682. The Labute approximate surface area is 147 Å². The van der Waals surface area contributed by atoms with E-state index in [1.54, 1.807) is 18.2 Å². The molecule has 0 unspecified atom stereocenters. The molecule has 1 aromatic rings. The predicted octanol–water partition coefficient (Wildman–Crippen LogP) is 3.60. The van der Waals surface area contributed by atoms with Crippen LogP contribution in [0.25, 0.3) is 0 Å². The molecule has 0 bridgehead atoms. The molecule has 1 aromatic carbocycles. The van der Waals surface area contributed by atoms with E-state index in [1.165, 1.54) is 0 Å². The van der Waals surface area contributed by atoms with Gasteiger partial charge in [0.15, 0.2) is 5.78 Å². The van der Waals surface area contributed by atoms with E-state index in [0.29, 0.717) is 61.8 Å². The normalized spacial score (nSPS) is 19.0. The number of carbonyl (C=O) groups is 2. The molecule has 3 rings (SSSR count). The lowest BCUT2D eigenvalue weighted by molar-refractivity contribution is -0.00350. The summed E-state index contributed by atoms with van der Waals surface area (Å²) >= 11 is 5.97. The highest BCUT2D eigenvalue weighted by atomic mass is 35.5. The summed E-state index contributed by atoms with van der Waals surface area (Å²) in [6, 6.07) is 5.25. The van der Waals surface area contributed by atoms with Crippen molar-refractivity contribution in [1.82, 2.24) is 9.80 Å². The van der Waals surface area contributed by atoms with Crippen molar-refractivity contribution in [2.75, 3.05) is 26.2 Å². The third kappa shape index (κ3) is 3.09. The lowest BCUT2D eigenvalue weighted by atomic mass is 9.82. The van der Waals surface area contributed by atoms with Crippen molar-refractivity contribution in [3.63, 3.8) is 0 Å². The fourth-order valence-electron chi connectivity index (χ4n) is 3.54. The third-order valence-corrected chi connectivity index (χ3v) is 5.27. The number of piperidine rings is 1. The highest BCUT2D eigenvalue weighted by Crippen LogP contribution is 2.40. The molecule has 0 N–H and O–H groups in total. The second-order valence-electron chi connectivity index (χ2n) is 6.47. The van der Waals surface area contributed by atoms with Gasteiger partial charge in [-0.3, -0.25) is 4.79 Å². The first-order valence-corrected chi connectivity index (χ1v) is 8.91. The van der Waals surface area contributed by atoms with Crippen LogP contribution in [-0.4, -0.2) is 53.4 Å². The summed E-state index contributed by atoms with van der Waals surface area (Å²) in [5, 5.41) is 0.543. The molecule has 24 heavy (non-hydrogen) atoms. The number of amides is 2. The molecular weight excluding hydrogens is 328 g/mol. The van der Waals surface area contributed by atoms with E-state index in [2.05, 4.69) is 0 Å². The van der Waals surface area contributed by atoms with E-state index in [-0.39, 0.29) is 11.8 Å². The average molecular weight is 351 g/mol. The number of fused-ring (bicyclic) bond motifs is 1. The van der Waals surface area contributed by atoms with Crippen molar-refractivity contribution in [2.24, 2.45) is 0 Å². The Bertz CT molecular complexity index is 650. The lowest BCUT2D eigenvalue weighted by Gasteiger charge is -2.44. The van der Waals surface area contributed by atoms with Gasteiger partial charge in [0.05, 0.1) is 12.0 Å². The number of Topliss-reactive ketones (excluding diaryl/α,β-unsaturated/α-hetero) is 1. The van der Waals surface area contributed by atoms with Gasteiger partial charge in [-0.25, -0.2) is 4.79 Å². The summed E-state index contributed by atoms with van der Waals surface area (Å²) in [5.41, 5.74) is 0.0765. The van der Waals surface area contributed by atoms with Gasteiger partial charge in [0.2, 0.25) is 0 Å². The maximum atomic E-state index is 12.5. The Morgan fingerprint density at radius 3 is 2.58 bits per heavy atom. The van der Waals surface area contributed by atoms with Gasteiger partial charge in [0.25, 0.3) is 0 Å². The number of hydrogen-bond donors (Lipinski definition) is 0. The van der Waals surface area contributed by atoms with Crippen molar-refractivity contribution in [2.45, 2.75) is 38.7 Å². The van der Waals surface area contributed by atoms with Gasteiger partial charge in [-0.1, -0.05) is 11.6 Å². The molecule has 1 fully saturated rings. The summed E-state index contributed by atoms with van der Waals surface area (Å²) < 4.78 is 6.20. The van der Waals surface area contributed by atoms with E-state index in [9.17, 15) is 9.59 Å². The first-order valence-electron chi connectivity index (χ1n) is 8.53. The van der Waals surface area contributed by atoms with Crippen molar-refractivity contribution in [3.8, 4) is 5.75 Å². The molecule has 0 atom stereocenters. The van der Waals surface area contributed by atoms with Crippen LogP contribution in [0.15, 0.2) is 18.2 Å². The topological polar surface area (TPSA) is 49.9 Å². The first kappa shape index (κ1) is 17.1. The zero-order valence-corrected chi connectivity index (χ0v) is 14.9. The van der Waals surface area contributed by atoms with Crippen LogP contribution in [0, 0.1) is 0 Å². The number of urea groups is 1. The smallest absolute Gasteiger partial charge is 0.319 e. The predicted molar refractivity (Wildman–Crippen MR) is 92.9 cm³/mol. The van der Waals surface area contributed by atoms with Gasteiger partial charge in [0.1, 0.15) is 11.4 Å². The number of likely N-dealkylation sites (tertiary alicyclic amines) is 1. The Kier molecular flexibility index (Phi) is 4.72. The van der Waals surface area contributed by atoms with Gasteiger partial charge in [0, 0.05) is 44.0 Å². The van der Waals surface area contributed by atoms with Gasteiger partial charge < -0.3 is 14.5 Å². The van der Waals surface area contributed by atoms with Gasteiger partial charge in [-0.2, -0.15) is 0 Å². The number of ketones is 1. The molecule has 6 heteroatoms. The van der Waals surface area contributed by atoms with Gasteiger partial charge in [-0.15, -0.1) is 0 Å². The standard InChI is InChI=1S/C18H23ClN2O3/c1-3-20(4-2)17(23)21-9-7-18(8-10-21)12-15(22)14-11-13(19)5-6-16(14)24-18/h5-6,11H,3-4,7-10,12H2,1-2H3. The maximum Gasteiger partial charge on any atom is 0.319 e. The van der Waals surface area contributed by atoms with Crippen LogP contribution in [0.5, 0.6) is 5.75 Å². The van der Waals surface area contributed by atoms with Crippen LogP contribution in [-0.2, 0) is 0 Å². The second-order valence-corrected chi connectivity index (χ2v) is 6.90. The fraction of sp³-hybridized carbons (Fsp3) is 0.556. The highest BCUT2D eigenvalue weighted by Gasteiger charge is 2.44. The molecule has 0 radical (unpaired) electrons. The summed E-state index contributed by atoms with van der Waals surface area (Å²) in [6.45, 7) is 6.62. The summed E-state index contributed by atoms with van der Waals surface area (Å²) in [6.07, 6.45) is 1.70. The lowest BCUT2D eigenvalue weighted by Crippen LogP contribution is -2.54. The number of carbonyl (C=O) groups excluding carboxylic acids is 2. The van der Waals surface area contributed by atoms with Crippen LogP contribution < -0.4 is 4.74 Å². The number of rotatable bonds is 2. The summed E-state index contributed by atoms with van der Waals surface area (Å²) in [4.78, 5) is 28.6. The van der Waals surface area contributed by atoms with Crippen LogP contribution in [0.2, 0.25) is 5.02 Å². The minimum Gasteiger partial charge on any atom is -0.486 e. The average Bonchev–Trinajstić information content (AvgIpc) is 2.57. The third-order valence-electron chi connectivity index (χ3n) is 5.03. The fourth-order valence-corrected chi connectivity index (χ4v) is 3.72. The van der Waals surface area contributed by atoms with Crippen LogP contribution in [0.3, 0.4) is 0 Å². The minimum absolute atomic E-state index is 0.0715. The maximum absolute atomic E-state index is 12.5. The van der Waals surface area contributed by atoms with Crippen molar-refractivity contribution in [1.29, 1.82) is 0 Å². The Morgan fingerprint density at radius 2 is 1.96 bits per heavy atom. The molecule has 5 nitrogen and oxygen atoms in total. The molecule has 0 aliphatic carbocycles. The Hall–Kier alpha value is -1.75. The van der Waals surface area contributed by atoms with Gasteiger partial charge in [-0.05, 0) is 32.0 Å². The molecule has 1 saturated heterocycles. The van der Waals surface area contributed by atoms with E-state index in [0.717, 1.165) is 0 Å². The molecule has 1 spiro atoms. The molecule has 2 heterocycles. The van der Waals surface area contributed by atoms with Crippen molar-refractivity contribution < 1.29 is 14.3 Å². The van der Waals surface area contributed by atoms with Crippen LogP contribution >= 0.6 is 11.6 Å². The SMILES string of the molecule is CCN(CC)C(=O)N1CCC2(CC1)CC(=O)c1cc(Cl)ccc1O2. The summed E-state index contributed by atoms with van der Waals surface area (Å²) in [7, 11) is 0. The molecular formula is C18H23ClN2O3. The van der Waals surface area contributed by atoms with Gasteiger partial charge >= 0.3 is 6.03 Å². The van der Waals surface area contributed by atoms with Crippen LogP contribution in [0.4, 0.5) is 4.79 Å². The quantitative estimate of drug-likeness (QED) is 0.818. The Morgan fingerprint density at radius 1 is 1.29 bits per heavy atom.